The topological polar surface area (TPSA) is 44.8 Å². The van der Waals surface area contributed by atoms with Gasteiger partial charge < -0.3 is 19.9 Å². The zero-order chi connectivity index (χ0) is 20.1. The van der Waals surface area contributed by atoms with Gasteiger partial charge >= 0.3 is 6.03 Å². The van der Waals surface area contributed by atoms with E-state index in [4.69, 9.17) is 4.74 Å². The maximum atomic E-state index is 12.4. The van der Waals surface area contributed by atoms with Crippen molar-refractivity contribution in [3.05, 3.63) is 58.7 Å². The molecule has 0 radical (unpaired) electrons. The first-order valence-corrected chi connectivity index (χ1v) is 10.0. The van der Waals surface area contributed by atoms with Gasteiger partial charge in [0.25, 0.3) is 0 Å². The van der Waals surface area contributed by atoms with Crippen molar-refractivity contribution in [1.82, 2.24) is 10.2 Å². The van der Waals surface area contributed by atoms with E-state index in [0.29, 0.717) is 13.2 Å². The summed E-state index contributed by atoms with van der Waals surface area (Å²) >= 11 is 0. The van der Waals surface area contributed by atoms with Gasteiger partial charge in [0.1, 0.15) is 12.4 Å². The largest absolute Gasteiger partial charge is 0.491 e. The molecule has 0 saturated carbocycles. The van der Waals surface area contributed by atoms with Gasteiger partial charge in [0, 0.05) is 31.9 Å². The van der Waals surface area contributed by atoms with Gasteiger partial charge in [-0.2, -0.15) is 0 Å². The Kier molecular flexibility index (Phi) is 6.45. The minimum absolute atomic E-state index is 0.00859. The van der Waals surface area contributed by atoms with Crippen molar-refractivity contribution in [3.63, 3.8) is 0 Å². The van der Waals surface area contributed by atoms with Gasteiger partial charge in [-0.1, -0.05) is 30.3 Å². The second-order valence-corrected chi connectivity index (χ2v) is 7.49. The molecule has 0 aromatic heterocycles. The summed E-state index contributed by atoms with van der Waals surface area (Å²) in [5, 5.41) is 2.98. The van der Waals surface area contributed by atoms with E-state index in [1.54, 1.807) is 0 Å². The molecule has 1 aliphatic heterocycles. The third kappa shape index (κ3) is 4.58. The third-order valence-corrected chi connectivity index (χ3v) is 5.52. The Bertz CT molecular complexity index is 806. The zero-order valence-electron chi connectivity index (χ0n) is 17.4. The van der Waals surface area contributed by atoms with E-state index < -0.39 is 0 Å². The molecule has 3 rings (SSSR count). The first kappa shape index (κ1) is 20.1. The molecule has 1 aliphatic rings. The van der Waals surface area contributed by atoms with E-state index in [-0.39, 0.29) is 6.03 Å². The molecule has 1 fully saturated rings. The quantitative estimate of drug-likeness (QED) is 0.801. The lowest BCUT2D eigenvalue weighted by atomic mass is 10.1. The van der Waals surface area contributed by atoms with Crippen LogP contribution in [0.5, 0.6) is 5.75 Å². The van der Waals surface area contributed by atoms with Crippen LogP contribution < -0.4 is 15.0 Å². The maximum absolute atomic E-state index is 12.4. The SMILES string of the molecule is Cc1cccc(N2CCN(C(=O)NCCOc3c(C)cccc3C)CC2)c1C. The number of urea groups is 1. The molecule has 1 N–H and O–H groups in total. The monoisotopic (exact) mass is 381 g/mol. The van der Waals surface area contributed by atoms with Crippen LogP contribution in [0.2, 0.25) is 0 Å². The van der Waals surface area contributed by atoms with Crippen LogP contribution in [0.4, 0.5) is 10.5 Å². The zero-order valence-corrected chi connectivity index (χ0v) is 17.4. The number of hydrogen-bond acceptors (Lipinski definition) is 3. The smallest absolute Gasteiger partial charge is 0.317 e. The van der Waals surface area contributed by atoms with Crippen LogP contribution in [-0.4, -0.2) is 50.3 Å². The second-order valence-electron chi connectivity index (χ2n) is 7.49. The van der Waals surface area contributed by atoms with Gasteiger partial charge in [-0.15, -0.1) is 0 Å². The Balaban J connectivity index is 1.43. The molecule has 0 spiro atoms. The lowest BCUT2D eigenvalue weighted by molar-refractivity contribution is 0.191. The van der Waals surface area contributed by atoms with Crippen molar-refractivity contribution in [3.8, 4) is 5.75 Å². The number of carbonyl (C=O) groups is 1. The van der Waals surface area contributed by atoms with Gasteiger partial charge in [0.15, 0.2) is 0 Å². The molecule has 0 atom stereocenters. The maximum Gasteiger partial charge on any atom is 0.317 e. The molecule has 0 bridgehead atoms. The first-order chi connectivity index (χ1) is 13.5. The van der Waals surface area contributed by atoms with E-state index in [1.807, 2.05) is 36.9 Å². The molecule has 5 heteroatoms. The van der Waals surface area contributed by atoms with Crippen molar-refractivity contribution >= 4 is 11.7 Å². The molecule has 1 heterocycles. The fraction of sp³-hybridized carbons (Fsp3) is 0.435. The standard InChI is InChI=1S/C23H31N3O2/c1-17-7-6-10-21(20(17)4)25-12-14-26(15-13-25)23(27)24-11-16-28-22-18(2)8-5-9-19(22)3/h5-10H,11-16H2,1-4H3,(H,24,27). The van der Waals surface area contributed by atoms with Crippen molar-refractivity contribution < 1.29 is 9.53 Å². The van der Waals surface area contributed by atoms with Crippen molar-refractivity contribution in [2.75, 3.05) is 44.2 Å². The summed E-state index contributed by atoms with van der Waals surface area (Å²) in [6, 6.07) is 12.5. The number of piperazine rings is 1. The highest BCUT2D eigenvalue weighted by Crippen LogP contribution is 2.24. The third-order valence-electron chi connectivity index (χ3n) is 5.52. The molecule has 28 heavy (non-hydrogen) atoms. The fourth-order valence-corrected chi connectivity index (χ4v) is 3.68. The highest BCUT2D eigenvalue weighted by molar-refractivity contribution is 5.74. The van der Waals surface area contributed by atoms with Gasteiger partial charge in [0.2, 0.25) is 0 Å². The van der Waals surface area contributed by atoms with E-state index in [1.165, 1.54) is 16.8 Å². The van der Waals surface area contributed by atoms with Crippen molar-refractivity contribution in [2.24, 2.45) is 0 Å². The summed E-state index contributed by atoms with van der Waals surface area (Å²) in [4.78, 5) is 16.7. The van der Waals surface area contributed by atoms with Crippen LogP contribution in [0.25, 0.3) is 0 Å². The summed E-state index contributed by atoms with van der Waals surface area (Å²) in [5.74, 6) is 0.916. The molecule has 2 aromatic rings. The molecular weight excluding hydrogens is 350 g/mol. The van der Waals surface area contributed by atoms with Crippen molar-refractivity contribution in [2.45, 2.75) is 27.7 Å². The summed E-state index contributed by atoms with van der Waals surface area (Å²) in [6.07, 6.45) is 0. The van der Waals surface area contributed by atoms with Gasteiger partial charge in [-0.25, -0.2) is 4.79 Å². The summed E-state index contributed by atoms with van der Waals surface area (Å²) in [6.45, 7) is 12.5. The molecule has 5 nitrogen and oxygen atoms in total. The number of nitrogens with zero attached hydrogens (tertiary/aromatic N) is 2. The van der Waals surface area contributed by atoms with E-state index >= 15 is 0 Å². The molecule has 0 aliphatic carbocycles. The highest BCUT2D eigenvalue weighted by atomic mass is 16.5. The Morgan fingerprint density at radius 2 is 1.54 bits per heavy atom. The Hall–Kier alpha value is -2.69. The average molecular weight is 382 g/mol. The molecule has 2 amide bonds. The van der Waals surface area contributed by atoms with Crippen LogP contribution in [0.15, 0.2) is 36.4 Å². The van der Waals surface area contributed by atoms with Crippen LogP contribution in [0.1, 0.15) is 22.3 Å². The van der Waals surface area contributed by atoms with Crippen LogP contribution >= 0.6 is 0 Å². The first-order valence-electron chi connectivity index (χ1n) is 10.0. The predicted molar refractivity (Wildman–Crippen MR) is 115 cm³/mol. The number of rotatable bonds is 5. The number of para-hydroxylation sites is 1. The van der Waals surface area contributed by atoms with E-state index in [9.17, 15) is 4.79 Å². The number of amides is 2. The lowest BCUT2D eigenvalue weighted by Crippen LogP contribution is -2.52. The summed E-state index contributed by atoms with van der Waals surface area (Å²) in [5.41, 5.74) is 6.15. The number of nitrogens with one attached hydrogen (secondary N) is 1. The Morgan fingerprint density at radius 1 is 0.929 bits per heavy atom. The molecule has 1 saturated heterocycles. The Labute approximate surface area is 168 Å². The van der Waals surface area contributed by atoms with Gasteiger partial charge in [-0.3, -0.25) is 0 Å². The second kappa shape index (κ2) is 9.00. The predicted octanol–water partition coefficient (Wildman–Crippen LogP) is 3.83. The minimum atomic E-state index is -0.00859. The minimum Gasteiger partial charge on any atom is -0.491 e. The van der Waals surface area contributed by atoms with Gasteiger partial charge in [0.05, 0.1) is 6.54 Å². The molecule has 2 aromatic carbocycles. The average Bonchev–Trinajstić information content (AvgIpc) is 2.69. The number of anilines is 1. The highest BCUT2D eigenvalue weighted by Gasteiger charge is 2.22. The van der Waals surface area contributed by atoms with Crippen LogP contribution in [0.3, 0.4) is 0 Å². The number of ether oxygens (including phenoxy) is 1. The van der Waals surface area contributed by atoms with Crippen LogP contribution in [-0.2, 0) is 0 Å². The van der Waals surface area contributed by atoms with E-state index in [0.717, 1.165) is 43.1 Å². The lowest BCUT2D eigenvalue weighted by Gasteiger charge is -2.37. The molecule has 0 unspecified atom stereocenters. The number of hydrogen-bond donors (Lipinski definition) is 1. The number of benzene rings is 2. The number of carbonyl (C=O) groups excluding carboxylic acids is 1. The molecule has 150 valence electrons. The fourth-order valence-electron chi connectivity index (χ4n) is 3.68. The van der Waals surface area contributed by atoms with Gasteiger partial charge in [-0.05, 0) is 56.0 Å². The van der Waals surface area contributed by atoms with E-state index in [2.05, 4.69) is 42.3 Å². The Morgan fingerprint density at radius 3 is 2.21 bits per heavy atom. The summed E-state index contributed by atoms with van der Waals surface area (Å²) < 4.78 is 5.86. The van der Waals surface area contributed by atoms with Crippen LogP contribution in [0, 0.1) is 27.7 Å². The van der Waals surface area contributed by atoms with Crippen molar-refractivity contribution in [1.29, 1.82) is 0 Å². The summed E-state index contributed by atoms with van der Waals surface area (Å²) in [7, 11) is 0. The normalized spacial score (nSPS) is 14.1. The molecular formula is C23H31N3O2. The number of aryl methyl sites for hydroxylation is 3.